The minimum atomic E-state index is -1.36. The van der Waals surface area contributed by atoms with Crippen molar-refractivity contribution < 1.29 is 14.7 Å². The van der Waals surface area contributed by atoms with Crippen molar-refractivity contribution in [3.8, 4) is 0 Å². The Morgan fingerprint density at radius 2 is 1.96 bits per heavy atom. The second kappa shape index (κ2) is 7.78. The van der Waals surface area contributed by atoms with Crippen molar-refractivity contribution in [3.63, 3.8) is 0 Å². The average Bonchev–Trinajstić information content (AvgIpc) is 2.58. The van der Waals surface area contributed by atoms with Crippen LogP contribution in [-0.4, -0.2) is 27.5 Å². The van der Waals surface area contributed by atoms with E-state index in [1.54, 1.807) is 38.1 Å². The van der Waals surface area contributed by atoms with E-state index in [1.165, 1.54) is 0 Å². The summed E-state index contributed by atoms with van der Waals surface area (Å²) < 4.78 is 0.930. The molecule has 0 aliphatic carbocycles. The molecule has 0 fully saturated rings. The van der Waals surface area contributed by atoms with E-state index in [-0.39, 0.29) is 18.9 Å². The lowest BCUT2D eigenvalue weighted by atomic mass is 9.99. The molecule has 8 heteroatoms. The lowest BCUT2D eigenvalue weighted by Gasteiger charge is -2.25. The van der Waals surface area contributed by atoms with Gasteiger partial charge in [-0.3, -0.25) is 14.2 Å². The smallest absolute Gasteiger partial charge is 0.328 e. The highest BCUT2D eigenvalue weighted by atomic mass is 16.4. The van der Waals surface area contributed by atoms with Crippen LogP contribution in [0.25, 0.3) is 10.9 Å². The molecule has 0 unspecified atom stereocenters. The number of nitrogens with one attached hydrogen (secondary N) is 2. The SMILES string of the molecule is CC[C@@H](C)[C@H](NC(=O)CCn1c(=O)[nH]c2ccccc2c1=O)C(=O)[O-]. The van der Waals surface area contributed by atoms with Crippen molar-refractivity contribution in [1.29, 1.82) is 0 Å². The molecule has 1 heterocycles. The summed E-state index contributed by atoms with van der Waals surface area (Å²) in [5, 5.41) is 13.9. The van der Waals surface area contributed by atoms with Crippen LogP contribution in [0, 0.1) is 5.92 Å². The number of carboxylic acids is 1. The summed E-state index contributed by atoms with van der Waals surface area (Å²) in [4.78, 5) is 50.1. The van der Waals surface area contributed by atoms with Gasteiger partial charge in [0, 0.05) is 13.0 Å². The van der Waals surface area contributed by atoms with Crippen LogP contribution in [0.2, 0.25) is 0 Å². The van der Waals surface area contributed by atoms with Crippen LogP contribution in [0.15, 0.2) is 33.9 Å². The Balaban J connectivity index is 2.15. The predicted molar refractivity (Wildman–Crippen MR) is 89.8 cm³/mol. The number of aromatic amines is 1. The second-order valence-corrected chi connectivity index (χ2v) is 5.93. The zero-order chi connectivity index (χ0) is 18.6. The molecule has 0 saturated heterocycles. The quantitative estimate of drug-likeness (QED) is 0.690. The molecule has 2 N–H and O–H groups in total. The van der Waals surface area contributed by atoms with Gasteiger partial charge in [-0.1, -0.05) is 32.4 Å². The van der Waals surface area contributed by atoms with Gasteiger partial charge in [0.15, 0.2) is 0 Å². The summed E-state index contributed by atoms with van der Waals surface area (Å²) >= 11 is 0. The Labute approximate surface area is 143 Å². The van der Waals surface area contributed by atoms with E-state index in [2.05, 4.69) is 10.3 Å². The van der Waals surface area contributed by atoms with Crippen LogP contribution in [0.4, 0.5) is 0 Å². The van der Waals surface area contributed by atoms with Crippen LogP contribution in [-0.2, 0) is 16.1 Å². The molecule has 25 heavy (non-hydrogen) atoms. The highest BCUT2D eigenvalue weighted by Gasteiger charge is 2.19. The van der Waals surface area contributed by atoms with Crippen LogP contribution in [0.3, 0.4) is 0 Å². The molecule has 0 saturated carbocycles. The Bertz CT molecular complexity index is 899. The Kier molecular flexibility index (Phi) is 5.74. The van der Waals surface area contributed by atoms with E-state index in [9.17, 15) is 24.3 Å². The largest absolute Gasteiger partial charge is 0.548 e. The summed E-state index contributed by atoms with van der Waals surface area (Å²) in [6.07, 6.45) is 0.365. The Morgan fingerprint density at radius 3 is 2.60 bits per heavy atom. The first-order valence-electron chi connectivity index (χ1n) is 8.07. The van der Waals surface area contributed by atoms with Gasteiger partial charge in [0.2, 0.25) is 5.91 Å². The molecule has 1 aromatic carbocycles. The molecule has 0 spiro atoms. The summed E-state index contributed by atoms with van der Waals surface area (Å²) in [7, 11) is 0. The maximum Gasteiger partial charge on any atom is 0.328 e. The summed E-state index contributed by atoms with van der Waals surface area (Å²) in [6.45, 7) is 3.35. The summed E-state index contributed by atoms with van der Waals surface area (Å²) in [5.41, 5.74) is -0.688. The lowest BCUT2D eigenvalue weighted by Crippen LogP contribution is -2.51. The number of carbonyl (C=O) groups excluding carboxylic acids is 2. The molecule has 2 aromatic rings. The molecule has 0 aliphatic heterocycles. The van der Waals surface area contributed by atoms with E-state index in [1.807, 2.05) is 0 Å². The van der Waals surface area contributed by atoms with Gasteiger partial charge >= 0.3 is 5.69 Å². The third-order valence-corrected chi connectivity index (χ3v) is 4.24. The van der Waals surface area contributed by atoms with Gasteiger partial charge < -0.3 is 20.2 Å². The summed E-state index contributed by atoms with van der Waals surface area (Å²) in [5.74, 6) is -2.21. The first-order chi connectivity index (χ1) is 11.8. The maximum atomic E-state index is 12.4. The molecule has 8 nitrogen and oxygen atoms in total. The fourth-order valence-corrected chi connectivity index (χ4v) is 2.53. The number of carboxylic acid groups (broad SMARTS) is 1. The number of aliphatic carboxylic acids is 1. The van der Waals surface area contributed by atoms with Gasteiger partial charge in [0.05, 0.1) is 22.9 Å². The first kappa shape index (κ1) is 18.4. The van der Waals surface area contributed by atoms with Gasteiger partial charge in [0.1, 0.15) is 0 Å². The Morgan fingerprint density at radius 1 is 1.28 bits per heavy atom. The van der Waals surface area contributed by atoms with Crippen molar-refractivity contribution in [2.75, 3.05) is 0 Å². The number of H-pyrrole nitrogens is 1. The number of carbonyl (C=O) groups is 2. The van der Waals surface area contributed by atoms with Gasteiger partial charge in [-0.15, -0.1) is 0 Å². The maximum absolute atomic E-state index is 12.4. The highest BCUT2D eigenvalue weighted by molar-refractivity contribution is 5.83. The number of aromatic nitrogens is 2. The molecule has 0 aliphatic rings. The molecular formula is C17H20N3O5-. The number of rotatable bonds is 7. The zero-order valence-corrected chi connectivity index (χ0v) is 14.1. The number of fused-ring (bicyclic) bond motifs is 1. The molecule has 1 amide bonds. The van der Waals surface area contributed by atoms with Crippen molar-refractivity contribution in [2.45, 2.75) is 39.3 Å². The van der Waals surface area contributed by atoms with E-state index in [0.717, 1.165) is 4.57 Å². The van der Waals surface area contributed by atoms with Crippen LogP contribution in [0.1, 0.15) is 26.7 Å². The predicted octanol–water partition coefficient (Wildman–Crippen LogP) is -0.639. The lowest BCUT2D eigenvalue weighted by molar-refractivity contribution is -0.309. The van der Waals surface area contributed by atoms with Gasteiger partial charge in [-0.25, -0.2) is 4.79 Å². The number of benzene rings is 1. The third-order valence-electron chi connectivity index (χ3n) is 4.24. The molecular weight excluding hydrogens is 326 g/mol. The van der Waals surface area contributed by atoms with E-state index >= 15 is 0 Å². The number of hydrogen-bond acceptors (Lipinski definition) is 5. The van der Waals surface area contributed by atoms with Gasteiger partial charge in [0.25, 0.3) is 5.56 Å². The van der Waals surface area contributed by atoms with Crippen molar-refractivity contribution in [1.82, 2.24) is 14.9 Å². The number of amides is 1. The van der Waals surface area contributed by atoms with Crippen LogP contribution >= 0.6 is 0 Å². The minimum absolute atomic E-state index is 0.148. The van der Waals surface area contributed by atoms with E-state index in [0.29, 0.717) is 17.3 Å². The fourth-order valence-electron chi connectivity index (χ4n) is 2.53. The van der Waals surface area contributed by atoms with E-state index in [4.69, 9.17) is 0 Å². The molecule has 134 valence electrons. The second-order valence-electron chi connectivity index (χ2n) is 5.93. The number of para-hydroxylation sites is 1. The van der Waals surface area contributed by atoms with Crippen molar-refractivity contribution >= 4 is 22.8 Å². The molecule has 1 aromatic heterocycles. The summed E-state index contributed by atoms with van der Waals surface area (Å²) in [6, 6.07) is 5.47. The first-order valence-corrected chi connectivity index (χ1v) is 8.07. The molecule has 2 atom stereocenters. The topological polar surface area (TPSA) is 124 Å². The minimum Gasteiger partial charge on any atom is -0.548 e. The van der Waals surface area contributed by atoms with Crippen LogP contribution < -0.4 is 21.7 Å². The monoisotopic (exact) mass is 346 g/mol. The highest BCUT2D eigenvalue weighted by Crippen LogP contribution is 2.07. The molecule has 2 rings (SSSR count). The number of hydrogen-bond donors (Lipinski definition) is 2. The van der Waals surface area contributed by atoms with Crippen molar-refractivity contribution in [2.24, 2.45) is 5.92 Å². The average molecular weight is 346 g/mol. The zero-order valence-electron chi connectivity index (χ0n) is 14.1. The van der Waals surface area contributed by atoms with Crippen molar-refractivity contribution in [3.05, 3.63) is 45.1 Å². The third kappa shape index (κ3) is 4.14. The normalized spacial score (nSPS) is 13.4. The molecule has 0 bridgehead atoms. The van der Waals surface area contributed by atoms with Gasteiger partial charge in [-0.05, 0) is 18.1 Å². The molecule has 0 radical (unpaired) electrons. The van der Waals surface area contributed by atoms with E-state index < -0.39 is 29.2 Å². The standard InChI is InChI=1S/C17H21N3O5/c1-3-10(2)14(16(23)24)19-13(21)8-9-20-15(22)11-6-4-5-7-12(11)18-17(20)25/h4-7,10,14H,3,8-9H2,1-2H3,(H,18,25)(H,19,21)(H,23,24)/p-1/t10-,14+/m1/s1. The van der Waals surface area contributed by atoms with Gasteiger partial charge in [-0.2, -0.15) is 0 Å². The fraction of sp³-hybridized carbons (Fsp3) is 0.412. The van der Waals surface area contributed by atoms with Crippen LogP contribution in [0.5, 0.6) is 0 Å². The Hall–Kier alpha value is -2.90. The number of nitrogens with zero attached hydrogens (tertiary/aromatic N) is 1.